The van der Waals surface area contributed by atoms with Crippen molar-refractivity contribution in [3.63, 3.8) is 0 Å². The Bertz CT molecular complexity index is 759. The second kappa shape index (κ2) is 6.03. The zero-order chi connectivity index (χ0) is 17.3. The van der Waals surface area contributed by atoms with Crippen LogP contribution in [0, 0.1) is 22.8 Å². The molecule has 0 unspecified atom stereocenters. The van der Waals surface area contributed by atoms with Gasteiger partial charge in [0.25, 0.3) is 0 Å². The molecule has 0 amide bonds. The van der Waals surface area contributed by atoms with E-state index in [1.165, 1.54) is 0 Å². The first-order valence-corrected chi connectivity index (χ1v) is 7.86. The van der Waals surface area contributed by atoms with E-state index in [0.717, 1.165) is 18.5 Å². The number of rotatable bonds is 1. The zero-order valence-electron chi connectivity index (χ0n) is 13.7. The summed E-state index contributed by atoms with van der Waals surface area (Å²) in [6.45, 7) is 5.03. The van der Waals surface area contributed by atoms with Gasteiger partial charge < -0.3 is 20.1 Å². The number of guanidine groups is 1. The average molecular weight is 325 g/mol. The molecule has 2 atom stereocenters. The van der Waals surface area contributed by atoms with Crippen molar-refractivity contribution >= 4 is 5.96 Å². The average Bonchev–Trinajstić information content (AvgIpc) is 2.57. The topological polar surface area (TPSA) is 105 Å². The fourth-order valence-electron chi connectivity index (χ4n) is 3.25. The Morgan fingerprint density at radius 1 is 1.42 bits per heavy atom. The number of hydrogen-bond donors (Lipinski definition) is 2. The summed E-state index contributed by atoms with van der Waals surface area (Å²) in [5.41, 5.74) is 0.425. The van der Waals surface area contributed by atoms with Crippen LogP contribution in [-0.2, 0) is 0 Å². The van der Waals surface area contributed by atoms with Gasteiger partial charge in [-0.1, -0.05) is 0 Å². The number of aliphatic hydroxyl groups excluding tert-OH is 1. The van der Waals surface area contributed by atoms with Crippen LogP contribution in [0.15, 0.2) is 23.2 Å². The van der Waals surface area contributed by atoms with E-state index in [-0.39, 0.29) is 0 Å². The molecule has 7 heteroatoms. The lowest BCUT2D eigenvalue weighted by atomic mass is 9.84. The minimum absolute atomic E-state index is 0.443. The number of hydrogen-bond acceptors (Lipinski definition) is 5. The minimum Gasteiger partial charge on any atom is -0.485 e. The first-order valence-electron chi connectivity index (χ1n) is 7.86. The van der Waals surface area contributed by atoms with E-state index in [4.69, 9.17) is 10.00 Å². The van der Waals surface area contributed by atoms with E-state index in [9.17, 15) is 10.4 Å². The van der Waals surface area contributed by atoms with Crippen molar-refractivity contribution < 1.29 is 9.84 Å². The van der Waals surface area contributed by atoms with Crippen LogP contribution < -0.4 is 10.1 Å². The van der Waals surface area contributed by atoms with Crippen molar-refractivity contribution in [2.45, 2.75) is 38.0 Å². The van der Waals surface area contributed by atoms with Gasteiger partial charge in [0, 0.05) is 18.7 Å². The van der Waals surface area contributed by atoms with E-state index in [1.54, 1.807) is 18.2 Å². The van der Waals surface area contributed by atoms with Crippen molar-refractivity contribution in [1.29, 1.82) is 10.5 Å². The van der Waals surface area contributed by atoms with E-state index in [2.05, 4.69) is 16.4 Å². The standard InChI is InChI=1S/C17H19N5O2/c1-17(2)15(23)14(22-7-3-6-20-16(22)21-10-19)12-8-11(9-18)4-5-13(12)24-17/h4-5,8,14-15,23H,3,6-7H2,1-2H3,(H,20,21)/t14-,15+/m1/s1. The molecular formula is C17H19N5O2. The Hall–Kier alpha value is -2.77. The number of aliphatic hydroxyl groups is 1. The van der Waals surface area contributed by atoms with Gasteiger partial charge in [-0.2, -0.15) is 10.5 Å². The molecule has 0 aliphatic carbocycles. The molecule has 1 fully saturated rings. The number of ether oxygens (including phenoxy) is 1. The first kappa shape index (κ1) is 16.1. The lowest BCUT2D eigenvalue weighted by Crippen LogP contribution is -2.58. The molecule has 1 saturated heterocycles. The third kappa shape index (κ3) is 2.64. The molecule has 0 radical (unpaired) electrons. The lowest BCUT2D eigenvalue weighted by Gasteiger charge is -2.48. The molecule has 0 saturated carbocycles. The largest absolute Gasteiger partial charge is 0.485 e. The van der Waals surface area contributed by atoms with E-state index >= 15 is 0 Å². The van der Waals surface area contributed by atoms with Crippen LogP contribution in [-0.4, -0.2) is 40.8 Å². The predicted molar refractivity (Wildman–Crippen MR) is 87.0 cm³/mol. The molecule has 2 aliphatic rings. The predicted octanol–water partition coefficient (Wildman–Crippen LogP) is 1.26. The van der Waals surface area contributed by atoms with Gasteiger partial charge in [-0.05, 0) is 38.5 Å². The van der Waals surface area contributed by atoms with Gasteiger partial charge in [0.2, 0.25) is 12.2 Å². The van der Waals surface area contributed by atoms with Crippen molar-refractivity contribution in [2.24, 2.45) is 4.99 Å². The number of fused-ring (bicyclic) bond motifs is 1. The Morgan fingerprint density at radius 3 is 2.92 bits per heavy atom. The summed E-state index contributed by atoms with van der Waals surface area (Å²) < 4.78 is 5.94. The van der Waals surface area contributed by atoms with Crippen molar-refractivity contribution in [3.8, 4) is 18.0 Å². The van der Waals surface area contributed by atoms with Crippen LogP contribution in [0.2, 0.25) is 0 Å². The molecule has 3 rings (SSSR count). The molecule has 7 nitrogen and oxygen atoms in total. The monoisotopic (exact) mass is 325 g/mol. The second-order valence-corrected chi connectivity index (χ2v) is 6.47. The molecular weight excluding hydrogens is 306 g/mol. The van der Waals surface area contributed by atoms with Crippen LogP contribution in [0.1, 0.15) is 37.4 Å². The lowest BCUT2D eigenvalue weighted by molar-refractivity contribution is -0.0829. The third-order valence-electron chi connectivity index (χ3n) is 4.46. The molecule has 1 aromatic rings. The maximum Gasteiger partial charge on any atom is 0.210 e. The van der Waals surface area contributed by atoms with Crippen molar-refractivity contribution in [2.75, 3.05) is 13.1 Å². The molecule has 0 bridgehead atoms. The van der Waals surface area contributed by atoms with Crippen LogP contribution in [0.5, 0.6) is 5.75 Å². The highest BCUT2D eigenvalue weighted by Gasteiger charge is 2.46. The molecule has 24 heavy (non-hydrogen) atoms. The maximum absolute atomic E-state index is 10.9. The van der Waals surface area contributed by atoms with Crippen LogP contribution in [0.4, 0.5) is 0 Å². The van der Waals surface area contributed by atoms with Crippen molar-refractivity contribution in [3.05, 3.63) is 29.3 Å². The van der Waals surface area contributed by atoms with Gasteiger partial charge in [0.05, 0.1) is 17.7 Å². The van der Waals surface area contributed by atoms with Crippen LogP contribution in [0.3, 0.4) is 0 Å². The molecule has 1 aromatic carbocycles. The number of nitrogens with zero attached hydrogens (tertiary/aromatic N) is 4. The Morgan fingerprint density at radius 2 is 2.21 bits per heavy atom. The summed E-state index contributed by atoms with van der Waals surface area (Å²) in [6.07, 6.45) is 1.83. The van der Waals surface area contributed by atoms with Gasteiger partial charge in [0.15, 0.2) is 0 Å². The summed E-state index contributed by atoms with van der Waals surface area (Å²) in [7, 11) is 0. The van der Waals surface area contributed by atoms with Crippen LogP contribution >= 0.6 is 0 Å². The summed E-state index contributed by atoms with van der Waals surface area (Å²) >= 11 is 0. The number of aliphatic imine (C=N–C) groups is 1. The second-order valence-electron chi connectivity index (χ2n) is 6.47. The van der Waals surface area contributed by atoms with Crippen molar-refractivity contribution in [1.82, 2.24) is 10.2 Å². The Kier molecular flexibility index (Phi) is 4.04. The van der Waals surface area contributed by atoms with Gasteiger partial charge in [0.1, 0.15) is 17.5 Å². The molecule has 2 aliphatic heterocycles. The fourth-order valence-corrected chi connectivity index (χ4v) is 3.25. The summed E-state index contributed by atoms with van der Waals surface area (Å²) in [6, 6.07) is 6.86. The highest BCUT2D eigenvalue weighted by molar-refractivity contribution is 5.82. The SMILES string of the molecule is CC1(C)Oc2ccc(C#N)cc2[C@@H](N2CCCNC2=NC#N)[C@@H]1O. The molecule has 124 valence electrons. The van der Waals surface area contributed by atoms with Gasteiger partial charge >= 0.3 is 0 Å². The zero-order valence-corrected chi connectivity index (χ0v) is 13.7. The van der Waals surface area contributed by atoms with E-state index in [1.807, 2.05) is 24.9 Å². The number of nitriles is 2. The van der Waals surface area contributed by atoms with E-state index < -0.39 is 17.7 Å². The molecule has 2 N–H and O–H groups in total. The number of benzene rings is 1. The van der Waals surface area contributed by atoms with Gasteiger partial charge in [-0.15, -0.1) is 4.99 Å². The maximum atomic E-state index is 10.9. The fraction of sp³-hybridized carbons (Fsp3) is 0.471. The quantitative estimate of drug-likeness (QED) is 0.753. The minimum atomic E-state index is -0.845. The highest BCUT2D eigenvalue weighted by Crippen LogP contribution is 2.43. The molecule has 0 aromatic heterocycles. The highest BCUT2D eigenvalue weighted by atomic mass is 16.5. The Labute approximate surface area is 140 Å². The summed E-state index contributed by atoms with van der Waals surface area (Å²) in [4.78, 5) is 5.75. The molecule has 2 heterocycles. The van der Waals surface area contributed by atoms with Crippen LogP contribution in [0.25, 0.3) is 0 Å². The number of nitrogens with one attached hydrogen (secondary N) is 1. The Balaban J connectivity index is 2.13. The summed E-state index contributed by atoms with van der Waals surface area (Å²) in [5.74, 6) is 1.08. The van der Waals surface area contributed by atoms with E-state index in [0.29, 0.717) is 23.8 Å². The normalized spacial score (nSPS) is 26.5. The first-order chi connectivity index (χ1) is 11.5. The summed E-state index contributed by atoms with van der Waals surface area (Å²) in [5, 5.41) is 32.2. The van der Waals surface area contributed by atoms with Gasteiger partial charge in [-0.25, -0.2) is 0 Å². The third-order valence-corrected chi connectivity index (χ3v) is 4.46. The molecule has 0 spiro atoms. The van der Waals surface area contributed by atoms with Gasteiger partial charge in [-0.3, -0.25) is 0 Å². The smallest absolute Gasteiger partial charge is 0.210 e.